The molecule has 2 rings (SSSR count). The van der Waals surface area contributed by atoms with Gasteiger partial charge in [0.1, 0.15) is 0 Å². The van der Waals surface area contributed by atoms with Crippen LogP contribution < -0.4 is 5.32 Å². The number of aromatic nitrogens is 1. The zero-order chi connectivity index (χ0) is 13.7. The molecule has 0 atom stereocenters. The van der Waals surface area contributed by atoms with E-state index in [0.717, 1.165) is 30.3 Å². The Labute approximate surface area is 119 Å². The van der Waals surface area contributed by atoms with E-state index in [0.29, 0.717) is 0 Å². The molecule has 0 saturated carbocycles. The zero-order valence-corrected chi connectivity index (χ0v) is 12.9. The van der Waals surface area contributed by atoms with Crippen molar-refractivity contribution in [2.45, 2.75) is 27.2 Å². The van der Waals surface area contributed by atoms with E-state index in [-0.39, 0.29) is 0 Å². The lowest BCUT2D eigenvalue weighted by Gasteiger charge is -2.19. The highest BCUT2D eigenvalue weighted by atomic mass is 32.1. The second-order valence-electron chi connectivity index (χ2n) is 4.80. The maximum absolute atomic E-state index is 4.67. The SMILES string of the molecule is CCCN(CC)CCNc1nc2c(C)cccc2s1. The summed E-state index contributed by atoms with van der Waals surface area (Å²) in [5.41, 5.74) is 2.39. The van der Waals surface area contributed by atoms with Crippen LogP contribution in [0, 0.1) is 6.92 Å². The highest BCUT2D eigenvalue weighted by Crippen LogP contribution is 2.27. The van der Waals surface area contributed by atoms with E-state index in [1.165, 1.54) is 23.2 Å². The van der Waals surface area contributed by atoms with Gasteiger partial charge in [0.2, 0.25) is 0 Å². The standard InChI is InChI=1S/C15H23N3S/c1-4-10-18(5-2)11-9-16-15-17-14-12(3)7-6-8-13(14)19-15/h6-8H,4-5,9-11H2,1-3H3,(H,16,17). The van der Waals surface area contributed by atoms with Crippen molar-refractivity contribution in [3.63, 3.8) is 0 Å². The second-order valence-corrected chi connectivity index (χ2v) is 5.83. The number of likely N-dealkylation sites (N-methyl/N-ethyl adjacent to an activating group) is 1. The summed E-state index contributed by atoms with van der Waals surface area (Å²) in [4.78, 5) is 7.13. The van der Waals surface area contributed by atoms with Gasteiger partial charge < -0.3 is 10.2 Å². The lowest BCUT2D eigenvalue weighted by atomic mass is 10.2. The number of fused-ring (bicyclic) bond motifs is 1. The van der Waals surface area contributed by atoms with E-state index in [9.17, 15) is 0 Å². The third kappa shape index (κ3) is 3.67. The Kier molecular flexibility index (Phi) is 5.16. The highest BCUT2D eigenvalue weighted by Gasteiger charge is 2.06. The van der Waals surface area contributed by atoms with E-state index in [1.54, 1.807) is 11.3 Å². The smallest absolute Gasteiger partial charge is 0.183 e. The van der Waals surface area contributed by atoms with Crippen LogP contribution in [0.15, 0.2) is 18.2 Å². The van der Waals surface area contributed by atoms with Crippen LogP contribution in [0.1, 0.15) is 25.8 Å². The number of hydrogen-bond acceptors (Lipinski definition) is 4. The number of thiazole rings is 1. The van der Waals surface area contributed by atoms with Gasteiger partial charge in [0, 0.05) is 13.1 Å². The largest absolute Gasteiger partial charge is 0.360 e. The number of rotatable bonds is 7. The maximum atomic E-state index is 4.67. The molecular weight excluding hydrogens is 254 g/mol. The molecule has 0 saturated heterocycles. The first-order valence-electron chi connectivity index (χ1n) is 7.07. The Morgan fingerprint density at radius 2 is 2.11 bits per heavy atom. The van der Waals surface area contributed by atoms with Crippen LogP contribution >= 0.6 is 11.3 Å². The lowest BCUT2D eigenvalue weighted by Crippen LogP contribution is -2.29. The molecular formula is C15H23N3S. The fraction of sp³-hybridized carbons (Fsp3) is 0.533. The van der Waals surface area contributed by atoms with E-state index in [4.69, 9.17) is 0 Å². The van der Waals surface area contributed by atoms with E-state index < -0.39 is 0 Å². The Bertz CT molecular complexity index is 521. The highest BCUT2D eigenvalue weighted by molar-refractivity contribution is 7.22. The zero-order valence-electron chi connectivity index (χ0n) is 12.1. The molecule has 0 radical (unpaired) electrons. The Morgan fingerprint density at radius 3 is 2.79 bits per heavy atom. The van der Waals surface area contributed by atoms with Gasteiger partial charge in [-0.05, 0) is 38.1 Å². The second kappa shape index (κ2) is 6.87. The lowest BCUT2D eigenvalue weighted by molar-refractivity contribution is 0.300. The van der Waals surface area contributed by atoms with Crippen LogP contribution in [0.5, 0.6) is 0 Å². The monoisotopic (exact) mass is 277 g/mol. The predicted molar refractivity (Wildman–Crippen MR) is 85.3 cm³/mol. The summed E-state index contributed by atoms with van der Waals surface area (Å²) in [5, 5.41) is 4.49. The molecule has 0 bridgehead atoms. The van der Waals surface area contributed by atoms with E-state index >= 15 is 0 Å². The van der Waals surface area contributed by atoms with Crippen molar-refractivity contribution in [2.24, 2.45) is 0 Å². The molecule has 2 aromatic rings. The van der Waals surface area contributed by atoms with Gasteiger partial charge in [-0.15, -0.1) is 0 Å². The number of anilines is 1. The average Bonchev–Trinajstić information content (AvgIpc) is 2.82. The molecule has 0 spiro atoms. The quantitative estimate of drug-likeness (QED) is 0.835. The van der Waals surface area contributed by atoms with Crippen LogP contribution in [0.25, 0.3) is 10.2 Å². The number of benzene rings is 1. The number of nitrogens with one attached hydrogen (secondary N) is 1. The van der Waals surface area contributed by atoms with Gasteiger partial charge in [0.25, 0.3) is 0 Å². The summed E-state index contributed by atoms with van der Waals surface area (Å²) in [6.07, 6.45) is 1.22. The first-order valence-corrected chi connectivity index (χ1v) is 7.88. The van der Waals surface area contributed by atoms with Crippen LogP contribution in [-0.4, -0.2) is 36.1 Å². The summed E-state index contributed by atoms with van der Waals surface area (Å²) >= 11 is 1.74. The molecule has 1 heterocycles. The van der Waals surface area contributed by atoms with Crippen molar-refractivity contribution in [1.82, 2.24) is 9.88 Å². The van der Waals surface area contributed by atoms with Crippen LogP contribution in [0.3, 0.4) is 0 Å². The number of hydrogen-bond donors (Lipinski definition) is 1. The minimum atomic E-state index is 0.965. The molecule has 1 aromatic heterocycles. The Balaban J connectivity index is 1.93. The molecule has 4 heteroatoms. The molecule has 104 valence electrons. The van der Waals surface area contributed by atoms with Crippen molar-refractivity contribution in [3.05, 3.63) is 23.8 Å². The van der Waals surface area contributed by atoms with Gasteiger partial charge in [0.15, 0.2) is 5.13 Å². The first-order chi connectivity index (χ1) is 9.24. The van der Waals surface area contributed by atoms with Gasteiger partial charge in [-0.3, -0.25) is 0 Å². The molecule has 0 aliphatic heterocycles. The van der Waals surface area contributed by atoms with Gasteiger partial charge in [-0.1, -0.05) is 37.3 Å². The van der Waals surface area contributed by atoms with Crippen molar-refractivity contribution >= 4 is 26.7 Å². The molecule has 0 aliphatic rings. The van der Waals surface area contributed by atoms with Crippen molar-refractivity contribution in [1.29, 1.82) is 0 Å². The molecule has 1 N–H and O–H groups in total. The Hall–Kier alpha value is -1.13. The maximum Gasteiger partial charge on any atom is 0.183 e. The summed E-state index contributed by atoms with van der Waals surface area (Å²) in [6, 6.07) is 6.35. The minimum Gasteiger partial charge on any atom is -0.360 e. The predicted octanol–water partition coefficient (Wildman–Crippen LogP) is 3.75. The van der Waals surface area contributed by atoms with Crippen molar-refractivity contribution in [2.75, 3.05) is 31.5 Å². The third-order valence-corrected chi connectivity index (χ3v) is 4.29. The van der Waals surface area contributed by atoms with Gasteiger partial charge in [-0.2, -0.15) is 0 Å². The van der Waals surface area contributed by atoms with Crippen molar-refractivity contribution in [3.8, 4) is 0 Å². The van der Waals surface area contributed by atoms with Crippen LogP contribution in [-0.2, 0) is 0 Å². The summed E-state index contributed by atoms with van der Waals surface area (Å²) in [6.45, 7) is 10.9. The fourth-order valence-electron chi connectivity index (χ4n) is 2.23. The molecule has 19 heavy (non-hydrogen) atoms. The van der Waals surface area contributed by atoms with Crippen molar-refractivity contribution < 1.29 is 0 Å². The molecule has 0 aliphatic carbocycles. The summed E-state index contributed by atoms with van der Waals surface area (Å²) < 4.78 is 1.27. The fourth-order valence-corrected chi connectivity index (χ4v) is 3.20. The molecule has 1 aromatic carbocycles. The van der Waals surface area contributed by atoms with E-state index in [2.05, 4.69) is 54.2 Å². The van der Waals surface area contributed by atoms with Gasteiger partial charge in [-0.25, -0.2) is 4.98 Å². The summed E-state index contributed by atoms with van der Waals surface area (Å²) in [7, 11) is 0. The minimum absolute atomic E-state index is 0.965. The number of aryl methyl sites for hydroxylation is 1. The van der Waals surface area contributed by atoms with E-state index in [1.807, 2.05) is 0 Å². The number of nitrogens with zero attached hydrogens (tertiary/aromatic N) is 2. The summed E-state index contributed by atoms with van der Waals surface area (Å²) in [5.74, 6) is 0. The molecule has 0 unspecified atom stereocenters. The first kappa shape index (κ1) is 14.3. The third-order valence-electron chi connectivity index (χ3n) is 3.31. The van der Waals surface area contributed by atoms with Crippen LogP contribution in [0.2, 0.25) is 0 Å². The normalized spacial score (nSPS) is 11.4. The Morgan fingerprint density at radius 1 is 1.26 bits per heavy atom. The average molecular weight is 277 g/mol. The molecule has 0 fully saturated rings. The molecule has 3 nitrogen and oxygen atoms in total. The van der Waals surface area contributed by atoms with Gasteiger partial charge >= 0.3 is 0 Å². The topological polar surface area (TPSA) is 28.2 Å². The molecule has 0 amide bonds. The van der Waals surface area contributed by atoms with Crippen LogP contribution in [0.4, 0.5) is 5.13 Å². The number of para-hydroxylation sites is 1. The van der Waals surface area contributed by atoms with Gasteiger partial charge in [0.05, 0.1) is 10.2 Å².